The summed E-state index contributed by atoms with van der Waals surface area (Å²) in [5, 5.41) is 7.06. The van der Waals surface area contributed by atoms with Gasteiger partial charge in [-0.3, -0.25) is 14.5 Å². The molecule has 0 radical (unpaired) electrons. The number of nitrogens with zero attached hydrogens (tertiary/aromatic N) is 4. The van der Waals surface area contributed by atoms with Crippen molar-refractivity contribution < 1.29 is 23.2 Å². The van der Waals surface area contributed by atoms with Crippen LogP contribution >= 0.6 is 0 Å². The maximum atomic E-state index is 13.2. The fourth-order valence-electron chi connectivity index (χ4n) is 4.22. The lowest BCUT2D eigenvalue weighted by Crippen LogP contribution is -2.46. The number of furan rings is 2. The highest BCUT2D eigenvalue weighted by atomic mass is 16.5. The minimum absolute atomic E-state index is 0.0101. The van der Waals surface area contributed by atoms with Gasteiger partial charge in [-0.05, 0) is 31.3 Å². The van der Waals surface area contributed by atoms with Crippen LogP contribution in [0, 0.1) is 0 Å². The number of fused-ring (bicyclic) bond motifs is 1. The van der Waals surface area contributed by atoms with Gasteiger partial charge in [-0.1, -0.05) is 18.2 Å². The molecule has 0 saturated carbocycles. The number of amides is 2. The molecule has 0 N–H and O–H groups in total. The Kier molecular flexibility index (Phi) is 5.97. The van der Waals surface area contributed by atoms with Crippen molar-refractivity contribution in [2.75, 3.05) is 46.4 Å². The number of likely N-dealkylation sites (N-methyl/N-ethyl adjacent to an activating group) is 1. The first-order chi connectivity index (χ1) is 16.1. The average Bonchev–Trinajstić information content (AvgIpc) is 3.58. The second-order valence-electron chi connectivity index (χ2n) is 8.33. The predicted octanol–water partition coefficient (Wildman–Crippen LogP) is 2.49. The molecule has 1 atom stereocenters. The van der Waals surface area contributed by atoms with Crippen molar-refractivity contribution in [3.8, 4) is 0 Å². The predicted molar refractivity (Wildman–Crippen MR) is 121 cm³/mol. The number of hydrogen-bond acceptors (Lipinski definition) is 7. The highest BCUT2D eigenvalue weighted by molar-refractivity contribution is 6.03. The molecule has 1 saturated heterocycles. The molecular weight excluding hydrogens is 424 g/mol. The van der Waals surface area contributed by atoms with Gasteiger partial charge >= 0.3 is 0 Å². The van der Waals surface area contributed by atoms with Gasteiger partial charge in [0.25, 0.3) is 5.91 Å². The lowest BCUT2D eigenvalue weighted by atomic mass is 10.1. The molecule has 0 spiro atoms. The molecule has 0 bridgehead atoms. The van der Waals surface area contributed by atoms with Gasteiger partial charge < -0.3 is 18.5 Å². The maximum absolute atomic E-state index is 13.2. The van der Waals surface area contributed by atoms with Crippen LogP contribution in [0.15, 0.2) is 62.7 Å². The molecule has 5 rings (SSSR count). The van der Waals surface area contributed by atoms with Gasteiger partial charge in [-0.25, -0.2) is 5.01 Å². The highest BCUT2D eigenvalue weighted by Crippen LogP contribution is 2.34. The third kappa shape index (κ3) is 4.55. The molecule has 1 unspecified atom stereocenters. The Balaban J connectivity index is 1.32. The number of rotatable bonds is 6. The molecule has 2 amide bonds. The lowest BCUT2D eigenvalue weighted by molar-refractivity contribution is -0.138. The first kappa shape index (κ1) is 21.4. The summed E-state index contributed by atoms with van der Waals surface area (Å²) in [5.41, 5.74) is 1.46. The minimum Gasteiger partial charge on any atom is -0.467 e. The second-order valence-corrected chi connectivity index (χ2v) is 8.33. The Morgan fingerprint density at radius 2 is 1.88 bits per heavy atom. The van der Waals surface area contributed by atoms with E-state index in [1.54, 1.807) is 29.2 Å². The van der Waals surface area contributed by atoms with E-state index in [0.717, 1.165) is 11.0 Å². The number of benzene rings is 1. The zero-order chi connectivity index (χ0) is 22.8. The summed E-state index contributed by atoms with van der Waals surface area (Å²) in [4.78, 5) is 29.2. The number of hydrazone groups is 1. The summed E-state index contributed by atoms with van der Waals surface area (Å²) >= 11 is 0. The van der Waals surface area contributed by atoms with E-state index in [1.165, 1.54) is 5.01 Å². The second kappa shape index (κ2) is 9.21. The summed E-state index contributed by atoms with van der Waals surface area (Å²) in [5.74, 6) is 1.08. The number of carbonyl (C=O) groups excluding carboxylic acids is 2. The zero-order valence-electron chi connectivity index (χ0n) is 18.5. The Bertz CT molecular complexity index is 1130. The van der Waals surface area contributed by atoms with Crippen LogP contribution in [-0.2, 0) is 14.3 Å². The van der Waals surface area contributed by atoms with E-state index in [1.807, 2.05) is 36.4 Å². The molecule has 0 aliphatic carbocycles. The standard InChI is InChI=1S/C24H26N4O5/c1-26(15-23(29)27-8-11-31-12-9-27)16-24(30)28-19(21-7-4-10-32-21)14-18(25-28)22-13-17-5-2-3-6-20(17)33-22/h2-7,10,13,19H,8-9,11-12,14-16H2,1H3. The molecule has 1 aromatic carbocycles. The largest absolute Gasteiger partial charge is 0.467 e. The van der Waals surface area contributed by atoms with Crippen LogP contribution in [0.4, 0.5) is 0 Å². The van der Waals surface area contributed by atoms with Crippen LogP contribution in [0.5, 0.6) is 0 Å². The number of hydrogen-bond donors (Lipinski definition) is 0. The molecule has 2 aliphatic rings. The van der Waals surface area contributed by atoms with Gasteiger partial charge in [0.2, 0.25) is 5.91 Å². The lowest BCUT2D eigenvalue weighted by Gasteiger charge is -2.29. The van der Waals surface area contributed by atoms with Crippen LogP contribution in [-0.4, -0.2) is 78.8 Å². The number of morpholine rings is 1. The monoisotopic (exact) mass is 450 g/mol. The van der Waals surface area contributed by atoms with E-state index in [2.05, 4.69) is 5.10 Å². The van der Waals surface area contributed by atoms with Crippen molar-refractivity contribution >= 4 is 28.5 Å². The van der Waals surface area contributed by atoms with Crippen LogP contribution in [0.25, 0.3) is 11.0 Å². The first-order valence-corrected chi connectivity index (χ1v) is 11.0. The number of carbonyl (C=O) groups is 2. The highest BCUT2D eigenvalue weighted by Gasteiger charge is 2.36. The quantitative estimate of drug-likeness (QED) is 0.573. The van der Waals surface area contributed by atoms with Crippen molar-refractivity contribution in [3.05, 3.63) is 60.2 Å². The average molecular weight is 450 g/mol. The van der Waals surface area contributed by atoms with Gasteiger partial charge in [0.05, 0.1) is 32.6 Å². The third-order valence-electron chi connectivity index (χ3n) is 5.92. The minimum atomic E-state index is -0.362. The molecule has 3 aromatic rings. The summed E-state index contributed by atoms with van der Waals surface area (Å²) < 4.78 is 16.9. The van der Waals surface area contributed by atoms with Crippen molar-refractivity contribution in [2.45, 2.75) is 12.5 Å². The van der Waals surface area contributed by atoms with E-state index >= 15 is 0 Å². The number of ether oxygens (including phenoxy) is 1. The van der Waals surface area contributed by atoms with Crippen LogP contribution in [0.2, 0.25) is 0 Å². The molecule has 33 heavy (non-hydrogen) atoms. The van der Waals surface area contributed by atoms with Gasteiger partial charge in [0.1, 0.15) is 23.1 Å². The smallest absolute Gasteiger partial charge is 0.257 e. The fraction of sp³-hybridized carbons (Fsp3) is 0.375. The van der Waals surface area contributed by atoms with Crippen molar-refractivity contribution in [1.29, 1.82) is 0 Å². The topological polar surface area (TPSA) is 91.7 Å². The first-order valence-electron chi connectivity index (χ1n) is 11.0. The van der Waals surface area contributed by atoms with Crippen molar-refractivity contribution in [2.24, 2.45) is 5.10 Å². The van der Waals surface area contributed by atoms with Crippen LogP contribution < -0.4 is 0 Å². The van der Waals surface area contributed by atoms with Gasteiger partial charge in [-0.15, -0.1) is 0 Å². The Morgan fingerprint density at radius 3 is 2.64 bits per heavy atom. The Hall–Kier alpha value is -3.43. The summed E-state index contributed by atoms with van der Waals surface area (Å²) in [6, 6.07) is 13.0. The summed E-state index contributed by atoms with van der Waals surface area (Å²) in [7, 11) is 1.76. The third-order valence-corrected chi connectivity index (χ3v) is 5.92. The summed E-state index contributed by atoms with van der Waals surface area (Å²) in [6.07, 6.45) is 2.07. The van der Waals surface area contributed by atoms with E-state index < -0.39 is 0 Å². The molecule has 9 nitrogen and oxygen atoms in total. The number of para-hydroxylation sites is 1. The Morgan fingerprint density at radius 1 is 1.09 bits per heavy atom. The Labute approximate surface area is 191 Å². The van der Waals surface area contributed by atoms with Crippen LogP contribution in [0.1, 0.15) is 24.0 Å². The summed E-state index contributed by atoms with van der Waals surface area (Å²) in [6.45, 7) is 2.48. The van der Waals surface area contributed by atoms with E-state index in [4.69, 9.17) is 13.6 Å². The van der Waals surface area contributed by atoms with E-state index in [9.17, 15) is 9.59 Å². The maximum Gasteiger partial charge on any atom is 0.257 e. The fourth-order valence-corrected chi connectivity index (χ4v) is 4.22. The van der Waals surface area contributed by atoms with Crippen LogP contribution in [0.3, 0.4) is 0 Å². The molecule has 2 aliphatic heterocycles. The van der Waals surface area contributed by atoms with Gasteiger partial charge in [-0.2, -0.15) is 5.10 Å². The SMILES string of the molecule is CN(CC(=O)N1CCOCC1)CC(=O)N1N=C(c2cc3ccccc3o2)CC1c1ccco1. The molecule has 9 heteroatoms. The molecule has 1 fully saturated rings. The molecule has 2 aromatic heterocycles. The molecular formula is C24H26N4O5. The van der Waals surface area contributed by atoms with Gasteiger partial charge in [0.15, 0.2) is 5.76 Å². The van der Waals surface area contributed by atoms with Crippen molar-refractivity contribution in [3.63, 3.8) is 0 Å². The van der Waals surface area contributed by atoms with Crippen molar-refractivity contribution in [1.82, 2.24) is 14.8 Å². The van der Waals surface area contributed by atoms with Gasteiger partial charge in [0, 0.05) is 24.9 Å². The zero-order valence-corrected chi connectivity index (χ0v) is 18.5. The normalized spacial score (nSPS) is 18.8. The van der Waals surface area contributed by atoms with E-state index in [0.29, 0.717) is 50.0 Å². The molecule has 4 heterocycles. The van der Waals surface area contributed by atoms with E-state index in [-0.39, 0.29) is 30.9 Å². The molecule has 172 valence electrons.